The van der Waals surface area contributed by atoms with Gasteiger partial charge in [-0.1, -0.05) is 404 Å². The zero-order valence-electron chi connectivity index (χ0n) is 98.2. The molecule has 21 aliphatic carbocycles. The lowest BCUT2D eigenvalue weighted by Gasteiger charge is -2.43. The first-order chi connectivity index (χ1) is 66.7. The Morgan fingerprint density at radius 3 is 0.486 bits per heavy atom. The number of halogens is 12. The Morgan fingerprint density at radius 2 is 0.310 bits per heavy atom. The standard InChI is InChI=1S/3C14H24.3C10H18.C9H18.2C7H14.2C6H12.C5H10.6C3H6Cl2/c3*1-10-8-12-7-6-11-4-2-3-5-13(11)14(12)9-10;3*1-8-6-9-4-2-3-5-10(9)7-8;1-2-3-6-9-7-4-5-8-9;2*1-2-7-5-3-4-6-7;2*1-6-4-2-3-5-6;1-2-4-5-3-1;6*1-3(2,4)5/h3*10-14H,2-9H2,1H3;3*8-10H,2-7H2,1H3;9H,2-8H2,1H3;2*7H,2-6H2,1H3;2*6H,2-5H2,1H3;1-5H2;6*1-2H3. The van der Waals surface area contributed by atoms with Gasteiger partial charge in [-0.3, -0.25) is 0 Å². The fourth-order valence-corrected chi connectivity index (χ4v) is 31.5. The van der Waals surface area contributed by atoms with Gasteiger partial charge < -0.3 is 0 Å². The predicted octanol–water partition coefficient (Wildman–Crippen LogP) is 50.5. The van der Waals surface area contributed by atoms with Gasteiger partial charge in [-0.15, -0.1) is 139 Å². The highest BCUT2D eigenvalue weighted by Gasteiger charge is 2.48. The first kappa shape index (κ1) is 138. The average Bonchev–Trinajstić information content (AvgIpc) is 1.65. The van der Waals surface area contributed by atoms with Crippen LogP contribution in [-0.4, -0.2) is 26.0 Å². The number of hydrogen-bond donors (Lipinski definition) is 0. The highest BCUT2D eigenvalue weighted by Crippen LogP contribution is 2.58. The molecule has 21 saturated carbocycles. The summed E-state index contributed by atoms with van der Waals surface area (Å²) in [5.74, 6) is 32.4. The van der Waals surface area contributed by atoms with Crippen LogP contribution in [0.2, 0.25) is 0 Å². The first-order valence-electron chi connectivity index (χ1n) is 63.0. The van der Waals surface area contributed by atoms with Gasteiger partial charge in [-0.05, 0) is 390 Å². The smallest absolute Gasteiger partial charge is 0.102 e. The van der Waals surface area contributed by atoms with Gasteiger partial charge in [0, 0.05) is 0 Å². The van der Waals surface area contributed by atoms with Crippen molar-refractivity contribution >= 4 is 139 Å². The van der Waals surface area contributed by atoms with Gasteiger partial charge in [0.2, 0.25) is 0 Å². The van der Waals surface area contributed by atoms with Gasteiger partial charge in [0.05, 0.1) is 0 Å². The van der Waals surface area contributed by atoms with E-state index in [1.54, 1.807) is 295 Å². The van der Waals surface area contributed by atoms with Crippen LogP contribution in [0.3, 0.4) is 0 Å². The second-order valence-electron chi connectivity index (χ2n) is 54.9. The van der Waals surface area contributed by atoms with Crippen molar-refractivity contribution in [2.45, 2.75) is 648 Å². The van der Waals surface area contributed by atoms with Crippen molar-refractivity contribution in [3.05, 3.63) is 0 Å². The number of fused-ring (bicyclic) bond motifs is 12. The molecule has 0 aliphatic heterocycles. The number of rotatable bonds is 5. The molecule has 0 saturated heterocycles. The van der Waals surface area contributed by atoms with Crippen LogP contribution in [0.25, 0.3) is 0 Å². The maximum absolute atomic E-state index is 5.30. The molecular weight excluding hydrogens is 1990 g/mol. The molecule has 21 aliphatic rings. The third-order valence-corrected chi connectivity index (χ3v) is 37.7. The number of unbranched alkanes of at least 4 members (excludes halogenated alkanes) is 1. The van der Waals surface area contributed by atoms with Crippen LogP contribution in [0, 0.1) is 172 Å². The highest BCUT2D eigenvalue weighted by atomic mass is 35.6. The molecule has 21 unspecified atom stereocenters. The Kier molecular flexibility index (Phi) is 73.2. The van der Waals surface area contributed by atoms with E-state index in [2.05, 4.69) is 76.2 Å². The van der Waals surface area contributed by atoms with E-state index in [1.807, 2.05) is 0 Å². The third-order valence-electron chi connectivity index (χ3n) is 37.7. The maximum Gasteiger partial charge on any atom is 0.112 e. The molecule has 12 heteroatoms. The van der Waals surface area contributed by atoms with Gasteiger partial charge >= 0.3 is 0 Å². The van der Waals surface area contributed by atoms with E-state index in [1.165, 1.54) is 250 Å². The van der Waals surface area contributed by atoms with Gasteiger partial charge in [0.15, 0.2) is 0 Å². The average molecular weight is 2230 g/mol. The minimum absolute atomic E-state index is 0.556. The normalized spacial score (nSPS) is 34.7. The number of hydrogen-bond acceptors (Lipinski definition) is 0. The zero-order valence-corrected chi connectivity index (χ0v) is 107. The summed E-state index contributed by atoms with van der Waals surface area (Å²) in [6, 6.07) is 0. The molecule has 0 nitrogen and oxygen atoms in total. The summed E-state index contributed by atoms with van der Waals surface area (Å²) < 4.78 is -3.33. The summed E-state index contributed by atoms with van der Waals surface area (Å²) >= 11 is 63.5. The monoisotopic (exact) mass is 2220 g/mol. The lowest BCUT2D eigenvalue weighted by molar-refractivity contribution is 0.0726. The second-order valence-corrected chi connectivity index (χ2v) is 67.4. The molecule has 142 heavy (non-hydrogen) atoms. The Balaban J connectivity index is 0.000000318. The van der Waals surface area contributed by atoms with Crippen molar-refractivity contribution < 1.29 is 0 Å². The molecule has 0 amide bonds. The van der Waals surface area contributed by atoms with Crippen molar-refractivity contribution in [2.75, 3.05) is 0 Å². The van der Waals surface area contributed by atoms with E-state index in [4.69, 9.17) is 139 Å². The van der Waals surface area contributed by atoms with Crippen LogP contribution in [-0.2, 0) is 0 Å². The summed E-state index contributed by atoms with van der Waals surface area (Å²) in [7, 11) is 0. The minimum Gasteiger partial charge on any atom is -0.102 e. The number of alkyl halides is 12. The van der Waals surface area contributed by atoms with Gasteiger partial charge in [0.1, 0.15) is 26.0 Å². The minimum atomic E-state index is -0.556. The molecule has 21 rings (SSSR count). The van der Waals surface area contributed by atoms with Crippen molar-refractivity contribution in [2.24, 2.45) is 172 Å². The maximum atomic E-state index is 5.30. The van der Waals surface area contributed by atoms with E-state index in [9.17, 15) is 0 Å². The van der Waals surface area contributed by atoms with E-state index in [0.717, 1.165) is 172 Å². The Hall–Kier alpha value is 3.48. The molecule has 21 fully saturated rings. The molecule has 0 aromatic heterocycles. The van der Waals surface area contributed by atoms with Crippen molar-refractivity contribution in [1.82, 2.24) is 0 Å². The van der Waals surface area contributed by atoms with Crippen LogP contribution >= 0.6 is 139 Å². The van der Waals surface area contributed by atoms with Gasteiger partial charge in [-0.25, -0.2) is 0 Å². The van der Waals surface area contributed by atoms with E-state index in [0.29, 0.717) is 0 Å². The Morgan fingerprint density at radius 1 is 0.155 bits per heavy atom. The summed E-state index contributed by atoms with van der Waals surface area (Å²) in [5, 5.41) is 0. The summed E-state index contributed by atoms with van der Waals surface area (Å²) in [5.41, 5.74) is 0. The van der Waals surface area contributed by atoms with Crippen LogP contribution in [0.15, 0.2) is 0 Å². The van der Waals surface area contributed by atoms with Crippen molar-refractivity contribution in [3.8, 4) is 0 Å². The molecule has 0 spiro atoms. The predicted molar refractivity (Wildman–Crippen MR) is 651 cm³/mol. The van der Waals surface area contributed by atoms with Gasteiger partial charge in [0.25, 0.3) is 0 Å². The largest absolute Gasteiger partial charge is 0.112 e. The Labute approximate surface area is 949 Å². The van der Waals surface area contributed by atoms with Crippen LogP contribution < -0.4 is 0 Å². The van der Waals surface area contributed by atoms with Crippen molar-refractivity contribution in [3.63, 3.8) is 0 Å². The zero-order chi connectivity index (χ0) is 106. The quantitative estimate of drug-likeness (QED) is 0.241. The fourth-order valence-electron chi connectivity index (χ4n) is 31.5. The summed E-state index contributed by atoms with van der Waals surface area (Å²) in [4.78, 5) is 0. The molecular formula is C130H242Cl12. The van der Waals surface area contributed by atoms with E-state index in [-0.39, 0.29) is 0 Å². The molecule has 0 N–H and O–H groups in total. The van der Waals surface area contributed by atoms with Gasteiger partial charge in [-0.2, -0.15) is 0 Å². The summed E-state index contributed by atoms with van der Waals surface area (Å²) in [6.45, 7) is 46.9. The lowest BCUT2D eigenvalue weighted by Crippen LogP contribution is -2.33. The highest BCUT2D eigenvalue weighted by molar-refractivity contribution is 6.49. The SMILES string of the molecule is C1CCCC1.CC(C)(Cl)Cl.CC(C)(Cl)Cl.CC(C)(Cl)Cl.CC(C)(Cl)Cl.CC(C)(Cl)Cl.CC(C)(Cl)Cl.CC1CC2CCC3CCCCC3C2C1.CC1CC2CCC3CCCCC3C2C1.CC1CC2CCC3CCCCC3C2C1.CC1CC2CCCCC2C1.CC1CC2CCCCC2C1.CC1CC2CCCCC2C1.CC1CCCC1.CC1CCCC1.CCC1CCCC1.CCC1CCCC1.CCCCC1CCCC1. The summed E-state index contributed by atoms with van der Waals surface area (Å²) in [6.07, 6.45) is 110. The molecule has 846 valence electrons. The van der Waals surface area contributed by atoms with Crippen LogP contribution in [0.1, 0.15) is 622 Å². The van der Waals surface area contributed by atoms with Crippen molar-refractivity contribution in [1.29, 1.82) is 0 Å². The molecule has 0 aromatic rings. The fraction of sp³-hybridized carbons (Fsp3) is 1.00. The first-order valence-corrected chi connectivity index (χ1v) is 67.5. The van der Waals surface area contributed by atoms with E-state index >= 15 is 0 Å². The Bertz CT molecular complexity index is 2530. The van der Waals surface area contributed by atoms with E-state index < -0.39 is 26.0 Å². The second kappa shape index (κ2) is 75.5. The molecule has 0 heterocycles. The molecule has 0 bridgehead atoms. The van der Waals surface area contributed by atoms with Crippen LogP contribution in [0.4, 0.5) is 0 Å². The molecule has 0 radical (unpaired) electrons. The molecule has 0 aromatic carbocycles. The topological polar surface area (TPSA) is 0 Å². The third kappa shape index (κ3) is 69.7. The van der Waals surface area contributed by atoms with Crippen LogP contribution in [0.5, 0.6) is 0 Å². The molecule has 21 atom stereocenters. The lowest BCUT2D eigenvalue weighted by atomic mass is 9.62.